The Labute approximate surface area is 123 Å². The Bertz CT molecular complexity index is 634. The molecule has 1 aromatic heterocycles. The molecule has 1 aliphatic rings. The molecule has 0 saturated heterocycles. The smallest absolute Gasteiger partial charge is 0.256 e. The van der Waals surface area contributed by atoms with E-state index < -0.39 is 5.60 Å². The molecule has 1 aliphatic carbocycles. The van der Waals surface area contributed by atoms with Crippen molar-refractivity contribution < 1.29 is 14.4 Å². The first-order valence-electron chi connectivity index (χ1n) is 7.08. The Morgan fingerprint density at radius 2 is 2.14 bits per heavy atom. The molecule has 5 heteroatoms. The molecule has 0 spiro atoms. The SMILES string of the molecule is Cc1oncc1C(=O)NCC(O)(c1ccccc1)C1CC1. The van der Waals surface area contributed by atoms with Crippen molar-refractivity contribution in [1.29, 1.82) is 0 Å². The summed E-state index contributed by atoms with van der Waals surface area (Å²) < 4.78 is 4.89. The molecule has 1 aromatic carbocycles. The summed E-state index contributed by atoms with van der Waals surface area (Å²) >= 11 is 0. The highest BCUT2D eigenvalue weighted by molar-refractivity contribution is 5.94. The van der Waals surface area contributed by atoms with Gasteiger partial charge in [0.2, 0.25) is 0 Å². The number of aliphatic hydroxyl groups is 1. The number of aromatic nitrogens is 1. The highest BCUT2D eigenvalue weighted by Gasteiger charge is 2.45. The maximum Gasteiger partial charge on any atom is 0.256 e. The maximum atomic E-state index is 12.1. The lowest BCUT2D eigenvalue weighted by Crippen LogP contribution is -2.42. The number of carbonyl (C=O) groups excluding carboxylic acids is 1. The van der Waals surface area contributed by atoms with Crippen LogP contribution in [0.4, 0.5) is 0 Å². The summed E-state index contributed by atoms with van der Waals surface area (Å²) in [7, 11) is 0. The number of hydrogen-bond acceptors (Lipinski definition) is 4. The van der Waals surface area contributed by atoms with E-state index in [1.54, 1.807) is 6.92 Å². The second kappa shape index (κ2) is 5.33. The lowest BCUT2D eigenvalue weighted by Gasteiger charge is -2.29. The molecule has 1 atom stereocenters. The van der Waals surface area contributed by atoms with Crippen LogP contribution < -0.4 is 5.32 Å². The van der Waals surface area contributed by atoms with Gasteiger partial charge in [-0.05, 0) is 31.2 Å². The zero-order valence-corrected chi connectivity index (χ0v) is 11.9. The lowest BCUT2D eigenvalue weighted by molar-refractivity contribution is 0.0135. The van der Waals surface area contributed by atoms with Crippen LogP contribution in [-0.4, -0.2) is 22.7 Å². The van der Waals surface area contributed by atoms with Crippen LogP contribution in [0.2, 0.25) is 0 Å². The average Bonchev–Trinajstić information content (AvgIpc) is 3.28. The van der Waals surface area contributed by atoms with Gasteiger partial charge < -0.3 is 14.9 Å². The van der Waals surface area contributed by atoms with Crippen LogP contribution in [0.1, 0.15) is 34.5 Å². The number of hydrogen-bond donors (Lipinski definition) is 2. The monoisotopic (exact) mass is 286 g/mol. The third kappa shape index (κ3) is 2.69. The first-order chi connectivity index (χ1) is 10.1. The number of rotatable bonds is 5. The number of aryl methyl sites for hydroxylation is 1. The number of carbonyl (C=O) groups is 1. The standard InChI is InChI=1S/C16H18N2O3/c1-11-14(9-18-21-11)15(19)17-10-16(20,13-7-8-13)12-5-3-2-4-6-12/h2-6,9,13,20H,7-8,10H2,1H3,(H,17,19). The van der Waals surface area contributed by atoms with E-state index in [1.807, 2.05) is 30.3 Å². The van der Waals surface area contributed by atoms with Crippen molar-refractivity contribution >= 4 is 5.91 Å². The predicted octanol–water partition coefficient (Wildman–Crippen LogP) is 2.01. The molecule has 1 amide bonds. The van der Waals surface area contributed by atoms with Crippen LogP contribution in [0.5, 0.6) is 0 Å². The third-order valence-corrected chi connectivity index (χ3v) is 4.04. The fraction of sp³-hybridized carbons (Fsp3) is 0.375. The Kier molecular flexibility index (Phi) is 3.51. The largest absolute Gasteiger partial charge is 0.383 e. The minimum Gasteiger partial charge on any atom is -0.383 e. The second-order valence-electron chi connectivity index (χ2n) is 5.54. The van der Waals surface area contributed by atoms with Crippen molar-refractivity contribution in [2.24, 2.45) is 5.92 Å². The molecule has 0 radical (unpaired) electrons. The summed E-state index contributed by atoms with van der Waals surface area (Å²) in [5.41, 5.74) is 0.234. The molecule has 5 nitrogen and oxygen atoms in total. The predicted molar refractivity (Wildman–Crippen MR) is 76.6 cm³/mol. The van der Waals surface area contributed by atoms with Crippen LogP contribution in [0.3, 0.4) is 0 Å². The summed E-state index contributed by atoms with van der Waals surface area (Å²) in [6, 6.07) is 9.50. The van der Waals surface area contributed by atoms with E-state index in [1.165, 1.54) is 6.20 Å². The van der Waals surface area contributed by atoms with Gasteiger partial charge in [-0.25, -0.2) is 0 Å². The average molecular weight is 286 g/mol. The molecule has 1 saturated carbocycles. The Balaban J connectivity index is 1.75. The summed E-state index contributed by atoms with van der Waals surface area (Å²) in [4.78, 5) is 12.1. The minimum absolute atomic E-state index is 0.186. The fourth-order valence-electron chi connectivity index (χ4n) is 2.60. The van der Waals surface area contributed by atoms with Gasteiger partial charge in [-0.15, -0.1) is 0 Å². The Morgan fingerprint density at radius 3 is 2.71 bits per heavy atom. The molecule has 1 unspecified atom stereocenters. The number of benzene rings is 1. The maximum absolute atomic E-state index is 12.1. The molecule has 21 heavy (non-hydrogen) atoms. The van der Waals surface area contributed by atoms with Gasteiger partial charge in [0.05, 0.1) is 12.7 Å². The van der Waals surface area contributed by atoms with Gasteiger partial charge in [0.25, 0.3) is 5.91 Å². The first kappa shape index (κ1) is 13.8. The van der Waals surface area contributed by atoms with E-state index in [-0.39, 0.29) is 18.4 Å². The van der Waals surface area contributed by atoms with Crippen LogP contribution in [0, 0.1) is 12.8 Å². The van der Waals surface area contributed by atoms with Gasteiger partial charge in [-0.3, -0.25) is 4.79 Å². The molecular formula is C16H18N2O3. The van der Waals surface area contributed by atoms with Crippen molar-refractivity contribution in [3.05, 3.63) is 53.4 Å². The van der Waals surface area contributed by atoms with Gasteiger partial charge >= 0.3 is 0 Å². The highest BCUT2D eigenvalue weighted by Crippen LogP contribution is 2.45. The Hall–Kier alpha value is -2.14. The second-order valence-corrected chi connectivity index (χ2v) is 5.54. The van der Waals surface area contributed by atoms with E-state index >= 15 is 0 Å². The molecule has 1 heterocycles. The molecular weight excluding hydrogens is 268 g/mol. The van der Waals surface area contributed by atoms with Crippen molar-refractivity contribution in [1.82, 2.24) is 10.5 Å². The highest BCUT2D eigenvalue weighted by atomic mass is 16.5. The lowest BCUT2D eigenvalue weighted by atomic mass is 9.88. The van der Waals surface area contributed by atoms with E-state index in [4.69, 9.17) is 4.52 Å². The molecule has 0 aliphatic heterocycles. The molecule has 1 fully saturated rings. The quantitative estimate of drug-likeness (QED) is 0.881. The van der Waals surface area contributed by atoms with E-state index in [2.05, 4.69) is 10.5 Å². The zero-order chi connectivity index (χ0) is 14.9. The van der Waals surface area contributed by atoms with Crippen molar-refractivity contribution in [2.75, 3.05) is 6.54 Å². The molecule has 3 rings (SSSR count). The van der Waals surface area contributed by atoms with E-state index in [9.17, 15) is 9.90 Å². The van der Waals surface area contributed by atoms with Gasteiger partial charge in [0.15, 0.2) is 0 Å². The van der Waals surface area contributed by atoms with Gasteiger partial charge in [0, 0.05) is 0 Å². The van der Waals surface area contributed by atoms with Crippen LogP contribution in [0.25, 0.3) is 0 Å². The zero-order valence-electron chi connectivity index (χ0n) is 11.9. The normalized spacial score (nSPS) is 17.2. The topological polar surface area (TPSA) is 75.4 Å². The van der Waals surface area contributed by atoms with Gasteiger partial charge in [0.1, 0.15) is 16.9 Å². The van der Waals surface area contributed by atoms with Crippen molar-refractivity contribution in [3.63, 3.8) is 0 Å². The number of nitrogens with one attached hydrogen (secondary N) is 1. The van der Waals surface area contributed by atoms with Crippen molar-refractivity contribution in [2.45, 2.75) is 25.4 Å². The Morgan fingerprint density at radius 1 is 1.43 bits per heavy atom. The summed E-state index contributed by atoms with van der Waals surface area (Å²) in [5.74, 6) is 0.398. The molecule has 2 aromatic rings. The molecule has 110 valence electrons. The summed E-state index contributed by atoms with van der Waals surface area (Å²) in [6.45, 7) is 1.87. The van der Waals surface area contributed by atoms with Gasteiger partial charge in [-0.1, -0.05) is 35.5 Å². The minimum atomic E-state index is -1.01. The summed E-state index contributed by atoms with van der Waals surface area (Å²) in [5, 5.41) is 17.4. The van der Waals surface area contributed by atoms with E-state index in [0.717, 1.165) is 18.4 Å². The molecule has 2 N–H and O–H groups in total. The van der Waals surface area contributed by atoms with Crippen LogP contribution in [0.15, 0.2) is 41.1 Å². The van der Waals surface area contributed by atoms with Crippen LogP contribution >= 0.6 is 0 Å². The number of nitrogens with zero attached hydrogens (tertiary/aromatic N) is 1. The molecule has 0 bridgehead atoms. The number of amides is 1. The fourth-order valence-corrected chi connectivity index (χ4v) is 2.60. The first-order valence-corrected chi connectivity index (χ1v) is 7.08. The summed E-state index contributed by atoms with van der Waals surface area (Å²) in [6.07, 6.45) is 3.35. The van der Waals surface area contributed by atoms with E-state index in [0.29, 0.717) is 11.3 Å². The van der Waals surface area contributed by atoms with Crippen LogP contribution in [-0.2, 0) is 5.60 Å². The third-order valence-electron chi connectivity index (χ3n) is 4.04. The van der Waals surface area contributed by atoms with Gasteiger partial charge in [-0.2, -0.15) is 0 Å². The van der Waals surface area contributed by atoms with Crippen molar-refractivity contribution in [3.8, 4) is 0 Å².